The Labute approximate surface area is 210 Å². The Bertz CT molecular complexity index is 745. The first-order valence-corrected chi connectivity index (χ1v) is 11.7. The molecule has 1 heterocycles. The van der Waals surface area contributed by atoms with Crippen LogP contribution in [0.5, 0.6) is 0 Å². The van der Waals surface area contributed by atoms with Gasteiger partial charge in [0.05, 0.1) is 20.9 Å². The molecule has 0 aliphatic rings. The first kappa shape index (κ1) is 36.5. The summed E-state index contributed by atoms with van der Waals surface area (Å²) in [4.78, 5) is 52.0. The minimum atomic E-state index is -0.630. The van der Waals surface area contributed by atoms with Gasteiger partial charge in [0.15, 0.2) is 0 Å². The van der Waals surface area contributed by atoms with E-state index in [9.17, 15) is 19.2 Å². The fourth-order valence-corrected chi connectivity index (χ4v) is 2.25. The van der Waals surface area contributed by atoms with Crippen LogP contribution in [0.4, 0.5) is 10.6 Å². The van der Waals surface area contributed by atoms with E-state index in [1.54, 1.807) is 32.9 Å². The molecule has 0 atom stereocenters. The number of nitrogens with one attached hydrogen (secondary N) is 2. The summed E-state index contributed by atoms with van der Waals surface area (Å²) in [6.45, 7) is 13.4. The Hall–Kier alpha value is -4.11. The molecule has 3 amide bonds. The molecule has 0 fully saturated rings. The van der Waals surface area contributed by atoms with Gasteiger partial charge in [-0.15, -0.1) is 0 Å². The number of carbonyl (C=O) groups is 3. The number of pyridine rings is 1. The maximum Gasteiger partial charge on any atom is 0.413 e. The van der Waals surface area contributed by atoms with Crippen molar-refractivity contribution < 1.29 is 28.7 Å². The van der Waals surface area contributed by atoms with Crippen LogP contribution in [-0.4, -0.2) is 74.0 Å². The minimum Gasteiger partial charge on any atom is -0.528 e. The van der Waals surface area contributed by atoms with Gasteiger partial charge in [0.1, 0.15) is 18.0 Å². The van der Waals surface area contributed by atoms with E-state index < -0.39 is 17.7 Å². The van der Waals surface area contributed by atoms with Gasteiger partial charge in [0.2, 0.25) is 5.91 Å². The predicted molar refractivity (Wildman–Crippen MR) is 137 cm³/mol. The summed E-state index contributed by atoms with van der Waals surface area (Å²) in [6.07, 6.45) is 3.77. The molecule has 1 aromatic heterocycles. The SMILES string of the molecule is CC.CCCOC(=O)CN(CCN[C-]=O)C(=O)Cc1ccc(NC(=O)OC(C)(C)C)nc1.[B]CC.[Fm]. The summed E-state index contributed by atoms with van der Waals surface area (Å²) in [5.74, 6) is -0.563. The molecule has 2 N–H and O–H groups in total. The van der Waals surface area contributed by atoms with Crippen LogP contribution < -0.4 is 10.6 Å². The van der Waals surface area contributed by atoms with E-state index in [-0.39, 0.29) is 44.4 Å². The molecule has 0 saturated heterocycles. The molecule has 0 aliphatic carbocycles. The first-order chi connectivity index (χ1) is 16.6. The summed E-state index contributed by atoms with van der Waals surface area (Å²) >= 11 is 0. The summed E-state index contributed by atoms with van der Waals surface area (Å²) < 4.78 is 10.2. The molecule has 0 aromatic carbocycles. The van der Waals surface area contributed by atoms with Gasteiger partial charge in [-0.3, -0.25) is 14.9 Å². The Balaban J connectivity index is -0.00000168. The second kappa shape index (κ2) is 21.4. The van der Waals surface area contributed by atoms with Crippen molar-refractivity contribution in [1.29, 1.82) is 0 Å². The van der Waals surface area contributed by atoms with E-state index in [1.807, 2.05) is 27.7 Å². The molecule has 0 aliphatic heterocycles. The van der Waals surface area contributed by atoms with Crippen LogP contribution in [-0.2, 0) is 30.3 Å². The first-order valence-electron chi connectivity index (χ1n) is 11.7. The van der Waals surface area contributed by atoms with Crippen LogP contribution in [0, 0.1) is 0 Å². The molecule has 0 spiro atoms. The van der Waals surface area contributed by atoms with E-state index in [2.05, 4.69) is 15.6 Å². The number of rotatable bonds is 11. The van der Waals surface area contributed by atoms with Crippen LogP contribution in [0.2, 0.25) is 6.32 Å². The second-order valence-corrected chi connectivity index (χ2v) is 7.83. The molecule has 2 radical (unpaired) electrons. The van der Waals surface area contributed by atoms with Crippen molar-refractivity contribution in [2.75, 3.05) is 31.6 Å². The minimum absolute atomic E-state index is 0. The number of hydrogen-bond donors (Lipinski definition) is 2. The zero-order chi connectivity index (χ0) is 27.3. The van der Waals surface area contributed by atoms with Crippen LogP contribution in [0.25, 0.3) is 0 Å². The van der Waals surface area contributed by atoms with E-state index in [4.69, 9.17) is 17.3 Å². The third-order valence-corrected chi connectivity index (χ3v) is 3.53. The molecule has 1 aromatic rings. The average Bonchev–Trinajstić information content (AvgIpc) is 2.79. The molecule has 36 heavy (non-hydrogen) atoms. The van der Waals surface area contributed by atoms with Crippen molar-refractivity contribution in [3.8, 4) is 0 Å². The maximum absolute atomic E-state index is 12.6. The predicted octanol–water partition coefficient (Wildman–Crippen LogP) is 3.03. The topological polar surface area (TPSA) is 127 Å². The van der Waals surface area contributed by atoms with Crippen LogP contribution in [0.3, 0.4) is 0 Å². The molecular weight excluding hydrogens is 708 g/mol. The molecule has 0 unspecified atom stereocenters. The number of nitrogens with zero attached hydrogens (tertiary/aromatic N) is 2. The van der Waals surface area contributed by atoms with Gasteiger partial charge in [0, 0.05) is 19.3 Å². The van der Waals surface area contributed by atoms with Gasteiger partial charge >= 0.3 is 12.1 Å². The van der Waals surface area contributed by atoms with Gasteiger partial charge in [-0.2, -0.15) is 6.41 Å². The largest absolute Gasteiger partial charge is 0.528 e. The Morgan fingerprint density at radius 3 is 2.25 bits per heavy atom. The number of ether oxygens (including phenoxy) is 2. The smallest absolute Gasteiger partial charge is 0.413 e. The van der Waals surface area contributed by atoms with Gasteiger partial charge in [-0.1, -0.05) is 40.1 Å². The van der Waals surface area contributed by atoms with E-state index >= 15 is 0 Å². The van der Waals surface area contributed by atoms with Gasteiger partial charge in [0.25, 0.3) is 0 Å². The van der Waals surface area contributed by atoms with Crippen molar-refractivity contribution in [3.05, 3.63) is 23.9 Å². The zero-order valence-electron chi connectivity index (χ0n) is 22.4. The maximum atomic E-state index is 12.6. The number of aromatic nitrogens is 1. The van der Waals surface area contributed by atoms with Crippen molar-refractivity contribution >= 4 is 38.0 Å². The summed E-state index contributed by atoms with van der Waals surface area (Å²) in [7, 11) is 4.85. The van der Waals surface area contributed by atoms with E-state index in [0.717, 1.165) is 6.32 Å². The van der Waals surface area contributed by atoms with Gasteiger partial charge < -0.3 is 24.5 Å². The second-order valence-electron chi connectivity index (χ2n) is 7.83. The molecule has 1 rings (SSSR count). The quantitative estimate of drug-likeness (QED) is 0.117. The van der Waals surface area contributed by atoms with E-state index in [1.165, 1.54) is 17.5 Å². The third kappa shape index (κ3) is 19.4. The van der Waals surface area contributed by atoms with Crippen LogP contribution in [0.15, 0.2) is 18.3 Å². The normalized spacial score (nSPS) is 9.53. The van der Waals surface area contributed by atoms with Crippen molar-refractivity contribution in [1.82, 2.24) is 15.2 Å². The molecule has 10 nitrogen and oxygen atoms in total. The number of amides is 3. The number of anilines is 1. The molecule has 0 bridgehead atoms. The Morgan fingerprint density at radius 2 is 1.78 bits per heavy atom. The number of esters is 1. The summed E-state index contributed by atoms with van der Waals surface area (Å²) in [5, 5.41) is 4.85. The van der Waals surface area contributed by atoms with Crippen molar-refractivity contribution in [3.63, 3.8) is 0 Å². The number of carbonyl (C=O) groups excluding carboxylic acids is 4. The van der Waals surface area contributed by atoms with Crippen molar-refractivity contribution in [2.45, 2.75) is 73.2 Å². The summed E-state index contributed by atoms with van der Waals surface area (Å²) in [5.41, 5.74) is -0.0363. The van der Waals surface area contributed by atoms with Gasteiger partial charge in [-0.05, 0) is 38.8 Å². The van der Waals surface area contributed by atoms with Gasteiger partial charge in [-0.25, -0.2) is 9.78 Å². The average molecular weight is 748 g/mol. The molecule has 12 heteroatoms. The van der Waals surface area contributed by atoms with Crippen LogP contribution in [0.1, 0.15) is 60.5 Å². The zero-order valence-corrected chi connectivity index (χ0v) is 24.8. The van der Waals surface area contributed by atoms with E-state index in [0.29, 0.717) is 12.0 Å². The van der Waals surface area contributed by atoms with Crippen molar-refractivity contribution in [2.24, 2.45) is 0 Å². The molecule has 0 saturated carbocycles. The molecular formula is C24H40BFmN4O6-. The Morgan fingerprint density at radius 1 is 1.17 bits per heavy atom. The summed E-state index contributed by atoms with van der Waals surface area (Å²) in [6, 6.07) is 3.19. The fourth-order valence-electron chi connectivity index (χ4n) is 2.25. The molecule has 208 valence electrons. The number of hydrogen-bond acceptors (Lipinski definition) is 7. The monoisotopic (exact) mass is 748 g/mol. The Kier molecular flexibility index (Phi) is 21.7. The fraction of sp³-hybridized carbons (Fsp3) is 0.625. The standard InChI is InChI=1S/C20H29N4O6.C2H5B.C2H6.Fm/c1-5-10-29-18(27)13-24(9-8-21-14-25)17(26)11-15-6-7-16(22-12-15)23-19(28)30-20(2,3)4;1-2-3;1-2;/h6-7,12H,5,8-11,13H2,1-4H3,(H,21,25)(H,22,23,28);2H2,1H3;1-2H3;/q-1;;;. The van der Waals surface area contributed by atoms with Crippen LogP contribution >= 0.6 is 0 Å². The third-order valence-electron chi connectivity index (χ3n) is 3.53.